The fourth-order valence-electron chi connectivity index (χ4n) is 5.62. The zero-order valence-electron chi connectivity index (χ0n) is 24.6. The van der Waals surface area contributed by atoms with Crippen LogP contribution in [0.3, 0.4) is 0 Å². The third-order valence-corrected chi connectivity index (χ3v) is 9.45. The van der Waals surface area contributed by atoms with Gasteiger partial charge in [-0.15, -0.1) is 11.8 Å². The lowest BCUT2D eigenvalue weighted by Gasteiger charge is -2.33. The first-order valence-corrected chi connectivity index (χ1v) is 15.4. The molecule has 0 bridgehead atoms. The van der Waals surface area contributed by atoms with Gasteiger partial charge in [-0.2, -0.15) is 0 Å². The summed E-state index contributed by atoms with van der Waals surface area (Å²) in [4.78, 5) is 42.6. The van der Waals surface area contributed by atoms with Crippen LogP contribution in [0.15, 0.2) is 97.1 Å². The van der Waals surface area contributed by atoms with Crippen molar-refractivity contribution in [3.8, 4) is 0 Å². The van der Waals surface area contributed by atoms with Gasteiger partial charge in [0.1, 0.15) is 6.04 Å². The highest BCUT2D eigenvalue weighted by Crippen LogP contribution is 2.40. The summed E-state index contributed by atoms with van der Waals surface area (Å²) in [6.07, 6.45) is -1.33. The summed E-state index contributed by atoms with van der Waals surface area (Å²) in [6.45, 7) is 6.19. The Bertz CT molecular complexity index is 1620. The molecule has 7 nitrogen and oxygen atoms in total. The SMILES string of the molecule is Cc1ccccc1CNC(=O)C1N(C(=O)C(O)C(Cc2ccccc2)NC(=O)c2cccc3ccccc23)CSC1(C)C. The third kappa shape index (κ3) is 6.76. The van der Waals surface area contributed by atoms with Crippen LogP contribution in [0.2, 0.25) is 0 Å². The number of thioether (sulfide) groups is 1. The molecule has 43 heavy (non-hydrogen) atoms. The summed E-state index contributed by atoms with van der Waals surface area (Å²) in [5.41, 5.74) is 3.39. The molecule has 0 radical (unpaired) electrons. The Balaban J connectivity index is 1.38. The number of aliphatic hydroxyl groups is 1. The molecule has 1 aliphatic heterocycles. The highest BCUT2D eigenvalue weighted by molar-refractivity contribution is 8.00. The molecule has 1 saturated heterocycles. The molecule has 4 aromatic carbocycles. The predicted octanol–water partition coefficient (Wildman–Crippen LogP) is 4.85. The lowest BCUT2D eigenvalue weighted by atomic mass is 9.96. The quantitative estimate of drug-likeness (QED) is 0.257. The van der Waals surface area contributed by atoms with E-state index >= 15 is 0 Å². The topological polar surface area (TPSA) is 98.7 Å². The average molecular weight is 596 g/mol. The highest BCUT2D eigenvalue weighted by Gasteiger charge is 2.49. The van der Waals surface area contributed by atoms with E-state index in [4.69, 9.17) is 0 Å². The maximum Gasteiger partial charge on any atom is 0.254 e. The van der Waals surface area contributed by atoms with Gasteiger partial charge in [0.25, 0.3) is 11.8 Å². The van der Waals surface area contributed by atoms with Crippen LogP contribution in [0.4, 0.5) is 0 Å². The normalized spacial score (nSPS) is 17.3. The molecule has 3 unspecified atom stereocenters. The summed E-state index contributed by atoms with van der Waals surface area (Å²) in [7, 11) is 0. The number of aryl methyl sites for hydroxylation is 1. The van der Waals surface area contributed by atoms with Gasteiger partial charge in [-0.25, -0.2) is 0 Å². The number of nitrogens with one attached hydrogen (secondary N) is 2. The van der Waals surface area contributed by atoms with Gasteiger partial charge in [0.05, 0.1) is 11.9 Å². The third-order valence-electron chi connectivity index (χ3n) is 8.07. The van der Waals surface area contributed by atoms with Gasteiger partial charge in [-0.3, -0.25) is 14.4 Å². The Labute approximate surface area is 256 Å². The Morgan fingerprint density at radius 3 is 2.37 bits per heavy atom. The number of hydrogen-bond donors (Lipinski definition) is 3. The fraction of sp³-hybridized carbons (Fsp3) is 0.286. The zero-order valence-corrected chi connectivity index (χ0v) is 25.4. The molecule has 222 valence electrons. The summed E-state index contributed by atoms with van der Waals surface area (Å²) in [6, 6.07) is 28.6. The smallest absolute Gasteiger partial charge is 0.254 e. The largest absolute Gasteiger partial charge is 0.381 e. The van der Waals surface area contributed by atoms with Crippen LogP contribution in [0.1, 0.15) is 40.9 Å². The maximum atomic E-state index is 14.0. The van der Waals surface area contributed by atoms with Gasteiger partial charge in [-0.1, -0.05) is 91.0 Å². The van der Waals surface area contributed by atoms with Crippen molar-refractivity contribution in [3.05, 3.63) is 119 Å². The minimum Gasteiger partial charge on any atom is -0.381 e. The molecule has 0 aromatic heterocycles. The van der Waals surface area contributed by atoms with E-state index in [1.807, 2.05) is 112 Å². The monoisotopic (exact) mass is 595 g/mol. The first kappa shape index (κ1) is 30.3. The van der Waals surface area contributed by atoms with Gasteiger partial charge >= 0.3 is 0 Å². The number of carbonyl (C=O) groups excluding carboxylic acids is 3. The molecular formula is C35H37N3O4S. The average Bonchev–Trinajstić information content (AvgIpc) is 3.34. The standard InChI is InChI=1S/C35H37N3O4S/c1-23-12-7-8-16-26(23)21-36-33(41)31-35(2,3)43-22-38(31)34(42)30(39)29(20-24-13-5-4-6-14-24)37-32(40)28-19-11-17-25-15-9-10-18-27(25)28/h4-19,29-31,39H,20-22H2,1-3H3,(H,36,41)(H,37,40). The summed E-state index contributed by atoms with van der Waals surface area (Å²) in [5.74, 6) is -1.000. The molecule has 8 heteroatoms. The molecule has 0 spiro atoms. The van der Waals surface area contributed by atoms with E-state index < -0.39 is 28.8 Å². The maximum absolute atomic E-state index is 14.0. The van der Waals surface area contributed by atoms with E-state index in [9.17, 15) is 19.5 Å². The number of carbonyl (C=O) groups is 3. The molecule has 0 aliphatic carbocycles. The van der Waals surface area contributed by atoms with Crippen molar-refractivity contribution in [2.45, 2.75) is 56.7 Å². The predicted molar refractivity (Wildman–Crippen MR) is 172 cm³/mol. The number of fused-ring (bicyclic) bond motifs is 1. The number of nitrogens with zero attached hydrogens (tertiary/aromatic N) is 1. The molecule has 0 saturated carbocycles. The molecule has 3 atom stereocenters. The Kier molecular flexibility index (Phi) is 9.18. The van der Waals surface area contributed by atoms with E-state index in [0.29, 0.717) is 12.1 Å². The second-order valence-corrected chi connectivity index (χ2v) is 13.1. The molecule has 1 heterocycles. The highest BCUT2D eigenvalue weighted by atomic mass is 32.2. The van der Waals surface area contributed by atoms with Gasteiger partial charge in [0.15, 0.2) is 6.10 Å². The number of hydrogen-bond acceptors (Lipinski definition) is 5. The van der Waals surface area contributed by atoms with E-state index in [1.54, 1.807) is 6.07 Å². The Hall–Kier alpha value is -4.14. The van der Waals surface area contributed by atoms with Crippen LogP contribution in [0.5, 0.6) is 0 Å². The van der Waals surface area contributed by atoms with Crippen LogP contribution in [-0.4, -0.2) is 56.5 Å². The number of amides is 3. The van der Waals surface area contributed by atoms with Crippen molar-refractivity contribution in [2.24, 2.45) is 0 Å². The molecule has 3 amide bonds. The minimum atomic E-state index is -1.57. The van der Waals surface area contributed by atoms with Crippen molar-refractivity contribution < 1.29 is 19.5 Å². The van der Waals surface area contributed by atoms with E-state index in [0.717, 1.165) is 27.5 Å². The first-order chi connectivity index (χ1) is 20.7. The summed E-state index contributed by atoms with van der Waals surface area (Å²) < 4.78 is -0.577. The van der Waals surface area contributed by atoms with Crippen molar-refractivity contribution in [1.29, 1.82) is 0 Å². The molecule has 4 aromatic rings. The van der Waals surface area contributed by atoms with Crippen LogP contribution in [0, 0.1) is 6.92 Å². The van der Waals surface area contributed by atoms with Crippen LogP contribution in [0.25, 0.3) is 10.8 Å². The van der Waals surface area contributed by atoms with Crippen molar-refractivity contribution in [3.63, 3.8) is 0 Å². The molecule has 1 aliphatic rings. The number of aliphatic hydroxyl groups excluding tert-OH is 1. The molecular weight excluding hydrogens is 558 g/mol. The Morgan fingerprint density at radius 1 is 0.930 bits per heavy atom. The van der Waals surface area contributed by atoms with Crippen LogP contribution < -0.4 is 10.6 Å². The molecule has 5 rings (SSSR count). The lowest BCUT2D eigenvalue weighted by molar-refractivity contribution is -0.147. The second kappa shape index (κ2) is 13.0. The lowest BCUT2D eigenvalue weighted by Crippen LogP contribution is -2.58. The van der Waals surface area contributed by atoms with Crippen LogP contribution in [-0.2, 0) is 22.6 Å². The first-order valence-electron chi connectivity index (χ1n) is 14.4. The molecule has 1 fully saturated rings. The molecule has 3 N–H and O–H groups in total. The van der Waals surface area contributed by atoms with Crippen LogP contribution >= 0.6 is 11.8 Å². The second-order valence-electron chi connectivity index (χ2n) is 11.5. The van der Waals surface area contributed by atoms with E-state index in [1.165, 1.54) is 16.7 Å². The number of rotatable bonds is 9. The van der Waals surface area contributed by atoms with Gasteiger partial charge in [-0.05, 0) is 60.7 Å². The summed E-state index contributed by atoms with van der Waals surface area (Å²) in [5, 5.41) is 19.2. The summed E-state index contributed by atoms with van der Waals surface area (Å²) >= 11 is 1.49. The van der Waals surface area contributed by atoms with Crippen molar-refractivity contribution in [2.75, 3.05) is 5.88 Å². The Morgan fingerprint density at radius 2 is 1.60 bits per heavy atom. The van der Waals surface area contributed by atoms with Crippen molar-refractivity contribution >= 4 is 40.3 Å². The fourth-order valence-corrected chi connectivity index (χ4v) is 6.76. The van der Waals surface area contributed by atoms with Gasteiger partial charge < -0.3 is 20.6 Å². The van der Waals surface area contributed by atoms with Gasteiger partial charge in [0, 0.05) is 16.9 Å². The van der Waals surface area contributed by atoms with E-state index in [2.05, 4.69) is 10.6 Å². The minimum absolute atomic E-state index is 0.235. The zero-order chi connectivity index (χ0) is 30.6. The van der Waals surface area contributed by atoms with E-state index in [-0.39, 0.29) is 24.1 Å². The number of benzene rings is 4. The van der Waals surface area contributed by atoms with Gasteiger partial charge in [0.2, 0.25) is 5.91 Å². The van der Waals surface area contributed by atoms with Crippen molar-refractivity contribution in [1.82, 2.24) is 15.5 Å².